The Bertz CT molecular complexity index is 1150. The number of fused-ring (bicyclic) bond motifs is 1. The second kappa shape index (κ2) is 8.63. The molecular formula is C21H22N2O5S2. The Balaban J connectivity index is 1.53. The second-order valence-electron chi connectivity index (χ2n) is 6.78. The number of sulfonamides is 1. The van der Waals surface area contributed by atoms with Gasteiger partial charge in [0.25, 0.3) is 15.9 Å². The molecule has 0 atom stereocenters. The molecule has 9 heteroatoms. The summed E-state index contributed by atoms with van der Waals surface area (Å²) in [6, 6.07) is 13.4. The van der Waals surface area contributed by atoms with Crippen LogP contribution in [0.25, 0.3) is 10.1 Å². The van der Waals surface area contributed by atoms with Crippen molar-refractivity contribution in [3.63, 3.8) is 0 Å². The Morgan fingerprint density at radius 2 is 1.87 bits per heavy atom. The largest absolute Gasteiger partial charge is 0.494 e. The van der Waals surface area contributed by atoms with Crippen LogP contribution >= 0.6 is 11.3 Å². The van der Waals surface area contributed by atoms with Crippen molar-refractivity contribution in [2.24, 2.45) is 0 Å². The van der Waals surface area contributed by atoms with Crippen LogP contribution in [0, 0.1) is 0 Å². The molecule has 1 amide bonds. The fourth-order valence-electron chi connectivity index (χ4n) is 3.23. The van der Waals surface area contributed by atoms with E-state index in [0.717, 1.165) is 10.1 Å². The van der Waals surface area contributed by atoms with Crippen LogP contribution in [0.15, 0.2) is 53.4 Å². The SMILES string of the molecule is CCOc1ccc(S(=O)(=O)Nc2ccc3sc(C(=O)N4CCOCC4)cc3c2)cc1. The molecule has 0 saturated carbocycles. The number of carbonyl (C=O) groups excluding carboxylic acids is 1. The van der Waals surface area contributed by atoms with E-state index >= 15 is 0 Å². The van der Waals surface area contributed by atoms with E-state index in [0.29, 0.717) is 49.2 Å². The minimum atomic E-state index is -3.73. The molecule has 7 nitrogen and oxygen atoms in total. The van der Waals surface area contributed by atoms with Gasteiger partial charge in [-0.1, -0.05) is 0 Å². The van der Waals surface area contributed by atoms with Crippen LogP contribution in [0.2, 0.25) is 0 Å². The molecule has 30 heavy (non-hydrogen) atoms. The maximum absolute atomic E-state index is 12.7. The van der Waals surface area contributed by atoms with Gasteiger partial charge in [0, 0.05) is 23.5 Å². The zero-order valence-corrected chi connectivity index (χ0v) is 18.1. The molecule has 2 heterocycles. The van der Waals surface area contributed by atoms with Gasteiger partial charge < -0.3 is 14.4 Å². The van der Waals surface area contributed by atoms with Gasteiger partial charge in [-0.15, -0.1) is 11.3 Å². The average Bonchev–Trinajstić information content (AvgIpc) is 3.17. The molecule has 2 aromatic carbocycles. The van der Waals surface area contributed by atoms with Gasteiger partial charge in [0.05, 0.1) is 29.6 Å². The Morgan fingerprint density at radius 1 is 1.13 bits per heavy atom. The predicted octanol–water partition coefficient (Wildman–Crippen LogP) is 3.57. The van der Waals surface area contributed by atoms with E-state index in [9.17, 15) is 13.2 Å². The van der Waals surface area contributed by atoms with Crippen molar-refractivity contribution in [1.29, 1.82) is 0 Å². The van der Waals surface area contributed by atoms with Crippen LogP contribution in [-0.2, 0) is 14.8 Å². The molecule has 1 saturated heterocycles. The quantitative estimate of drug-likeness (QED) is 0.626. The van der Waals surface area contributed by atoms with Gasteiger partial charge in [0.2, 0.25) is 0 Å². The summed E-state index contributed by atoms with van der Waals surface area (Å²) in [4.78, 5) is 15.3. The zero-order valence-electron chi connectivity index (χ0n) is 16.5. The highest BCUT2D eigenvalue weighted by Gasteiger charge is 2.21. The summed E-state index contributed by atoms with van der Waals surface area (Å²) < 4.78 is 39.6. The number of nitrogens with one attached hydrogen (secondary N) is 1. The van der Waals surface area contributed by atoms with Crippen LogP contribution in [0.1, 0.15) is 16.6 Å². The van der Waals surface area contributed by atoms with E-state index in [-0.39, 0.29) is 10.8 Å². The Kier molecular flexibility index (Phi) is 5.94. The van der Waals surface area contributed by atoms with Gasteiger partial charge in [0.15, 0.2) is 0 Å². The van der Waals surface area contributed by atoms with E-state index in [4.69, 9.17) is 9.47 Å². The first-order chi connectivity index (χ1) is 14.5. The lowest BCUT2D eigenvalue weighted by Gasteiger charge is -2.26. The number of benzene rings is 2. The first kappa shape index (κ1) is 20.6. The van der Waals surface area contributed by atoms with Crippen LogP contribution < -0.4 is 9.46 Å². The fraction of sp³-hybridized carbons (Fsp3) is 0.286. The van der Waals surface area contributed by atoms with Gasteiger partial charge in [-0.25, -0.2) is 8.42 Å². The third kappa shape index (κ3) is 4.43. The van der Waals surface area contributed by atoms with Crippen molar-refractivity contribution in [3.8, 4) is 5.75 Å². The normalized spacial score (nSPS) is 14.6. The first-order valence-electron chi connectivity index (χ1n) is 9.62. The van der Waals surface area contributed by atoms with Crippen molar-refractivity contribution >= 4 is 43.0 Å². The highest BCUT2D eigenvalue weighted by atomic mass is 32.2. The highest BCUT2D eigenvalue weighted by molar-refractivity contribution is 7.92. The fourth-order valence-corrected chi connectivity index (χ4v) is 5.29. The zero-order chi connectivity index (χ0) is 21.1. The molecule has 0 spiro atoms. The molecule has 1 fully saturated rings. The van der Waals surface area contributed by atoms with Crippen LogP contribution in [0.4, 0.5) is 5.69 Å². The second-order valence-corrected chi connectivity index (χ2v) is 9.54. The average molecular weight is 447 g/mol. The van der Waals surface area contributed by atoms with Gasteiger partial charge in [-0.05, 0) is 60.8 Å². The third-order valence-electron chi connectivity index (χ3n) is 4.72. The molecule has 4 rings (SSSR count). The Morgan fingerprint density at radius 3 is 2.57 bits per heavy atom. The summed E-state index contributed by atoms with van der Waals surface area (Å²) in [5.74, 6) is 0.602. The molecule has 3 aromatic rings. The van der Waals surface area contributed by atoms with Crippen LogP contribution in [0.3, 0.4) is 0 Å². The van der Waals surface area contributed by atoms with Gasteiger partial charge in [-0.2, -0.15) is 0 Å². The number of morpholine rings is 1. The molecule has 0 aliphatic carbocycles. The van der Waals surface area contributed by atoms with E-state index in [1.807, 2.05) is 19.1 Å². The maximum atomic E-state index is 12.7. The van der Waals surface area contributed by atoms with Crippen LogP contribution in [0.5, 0.6) is 5.75 Å². The smallest absolute Gasteiger partial charge is 0.264 e. The summed E-state index contributed by atoms with van der Waals surface area (Å²) >= 11 is 1.41. The van der Waals surface area contributed by atoms with Crippen molar-refractivity contribution in [1.82, 2.24) is 4.90 Å². The molecule has 1 aliphatic rings. The lowest BCUT2D eigenvalue weighted by molar-refractivity contribution is 0.0306. The number of carbonyl (C=O) groups is 1. The van der Waals surface area contributed by atoms with E-state index in [1.54, 1.807) is 29.2 Å². The molecule has 0 radical (unpaired) electrons. The van der Waals surface area contributed by atoms with Gasteiger partial charge >= 0.3 is 0 Å². The number of anilines is 1. The highest BCUT2D eigenvalue weighted by Crippen LogP contribution is 2.30. The minimum Gasteiger partial charge on any atom is -0.494 e. The summed E-state index contributed by atoms with van der Waals surface area (Å²) in [7, 11) is -3.73. The lowest BCUT2D eigenvalue weighted by Crippen LogP contribution is -2.40. The standard InChI is InChI=1S/C21H22N2O5S2/c1-2-28-17-4-6-18(7-5-17)30(25,26)22-16-3-8-19-15(13-16)14-20(29-19)21(24)23-9-11-27-12-10-23/h3-8,13-14,22H,2,9-12H2,1H3. The number of ether oxygens (including phenoxy) is 2. The number of hydrogen-bond donors (Lipinski definition) is 1. The maximum Gasteiger partial charge on any atom is 0.264 e. The minimum absolute atomic E-state index is 0.0176. The molecule has 1 aromatic heterocycles. The summed E-state index contributed by atoms with van der Waals surface area (Å²) in [6.45, 7) is 4.65. The summed E-state index contributed by atoms with van der Waals surface area (Å²) in [5, 5.41) is 0.823. The van der Waals surface area contributed by atoms with Gasteiger partial charge in [-0.3, -0.25) is 9.52 Å². The van der Waals surface area contributed by atoms with Crippen molar-refractivity contribution < 1.29 is 22.7 Å². The molecule has 0 bridgehead atoms. The van der Waals surface area contributed by atoms with E-state index in [1.165, 1.54) is 23.5 Å². The molecular weight excluding hydrogens is 424 g/mol. The number of hydrogen-bond acceptors (Lipinski definition) is 6. The monoisotopic (exact) mass is 446 g/mol. The number of nitrogens with zero attached hydrogens (tertiary/aromatic N) is 1. The molecule has 1 N–H and O–H groups in total. The topological polar surface area (TPSA) is 84.9 Å². The number of rotatable bonds is 6. The van der Waals surface area contributed by atoms with Crippen molar-refractivity contribution in [2.75, 3.05) is 37.6 Å². The van der Waals surface area contributed by atoms with Crippen molar-refractivity contribution in [2.45, 2.75) is 11.8 Å². The molecule has 158 valence electrons. The number of thiophene rings is 1. The predicted molar refractivity (Wildman–Crippen MR) is 117 cm³/mol. The summed E-state index contributed by atoms with van der Waals surface area (Å²) in [5.41, 5.74) is 0.444. The molecule has 0 unspecified atom stereocenters. The molecule has 1 aliphatic heterocycles. The van der Waals surface area contributed by atoms with Gasteiger partial charge in [0.1, 0.15) is 5.75 Å². The van der Waals surface area contributed by atoms with E-state index in [2.05, 4.69) is 4.72 Å². The first-order valence-corrected chi connectivity index (χ1v) is 11.9. The van der Waals surface area contributed by atoms with Crippen LogP contribution in [-0.4, -0.2) is 52.1 Å². The van der Waals surface area contributed by atoms with Crippen molar-refractivity contribution in [3.05, 3.63) is 53.4 Å². The Hall–Kier alpha value is -2.62. The summed E-state index contributed by atoms with van der Waals surface area (Å²) in [6.07, 6.45) is 0. The van der Waals surface area contributed by atoms with E-state index < -0.39 is 10.0 Å². The third-order valence-corrected chi connectivity index (χ3v) is 7.22. The Labute approximate surface area is 179 Å². The lowest BCUT2D eigenvalue weighted by atomic mass is 10.2. The number of amides is 1.